The van der Waals surface area contributed by atoms with E-state index < -0.39 is 0 Å². The van der Waals surface area contributed by atoms with Crippen molar-refractivity contribution in [3.63, 3.8) is 0 Å². The lowest BCUT2D eigenvalue weighted by Crippen LogP contribution is -2.00. The molecule has 6 nitrogen and oxygen atoms in total. The molecule has 4 aromatic heterocycles. The van der Waals surface area contributed by atoms with Crippen LogP contribution in [0.15, 0.2) is 156 Å². The van der Waals surface area contributed by atoms with Gasteiger partial charge in [-0.3, -0.25) is 9.97 Å². The number of benzene rings is 5. The molecule has 0 fully saturated rings. The zero-order valence-corrected chi connectivity index (χ0v) is 25.1. The number of hydrogen-bond acceptors (Lipinski definition) is 6. The Balaban J connectivity index is 1.18. The molecule has 0 spiro atoms. The van der Waals surface area contributed by atoms with Gasteiger partial charge in [-0.15, -0.1) is 0 Å². The molecule has 0 aliphatic rings. The molecule has 0 bridgehead atoms. The van der Waals surface area contributed by atoms with Gasteiger partial charge in [0, 0.05) is 40.0 Å². The number of hydrogen-bond donors (Lipinski definition) is 0. The van der Waals surface area contributed by atoms with Gasteiger partial charge < -0.3 is 4.42 Å². The zero-order valence-electron chi connectivity index (χ0n) is 25.1. The van der Waals surface area contributed by atoms with E-state index in [4.69, 9.17) is 24.4 Å². The van der Waals surface area contributed by atoms with Crippen LogP contribution in [0.3, 0.4) is 0 Å². The van der Waals surface area contributed by atoms with E-state index in [1.165, 1.54) is 0 Å². The molecule has 0 atom stereocenters. The van der Waals surface area contributed by atoms with E-state index in [-0.39, 0.29) is 0 Å². The van der Waals surface area contributed by atoms with Crippen molar-refractivity contribution in [3.05, 3.63) is 152 Å². The lowest BCUT2D eigenvalue weighted by molar-refractivity contribution is 0.668. The molecule has 0 saturated carbocycles. The summed E-state index contributed by atoms with van der Waals surface area (Å²) in [7, 11) is 0. The molecule has 5 aromatic carbocycles. The smallest absolute Gasteiger partial charge is 0.164 e. The van der Waals surface area contributed by atoms with Crippen molar-refractivity contribution in [2.45, 2.75) is 0 Å². The molecule has 4 heterocycles. The van der Waals surface area contributed by atoms with Crippen LogP contribution in [0, 0.1) is 0 Å². The maximum Gasteiger partial charge on any atom is 0.164 e. The lowest BCUT2D eigenvalue weighted by Gasteiger charge is -2.11. The van der Waals surface area contributed by atoms with Crippen molar-refractivity contribution in [1.29, 1.82) is 0 Å². The van der Waals surface area contributed by atoms with Gasteiger partial charge >= 0.3 is 0 Å². The van der Waals surface area contributed by atoms with E-state index in [0.717, 1.165) is 71.9 Å². The second-order valence-electron chi connectivity index (χ2n) is 11.3. The SMILES string of the molecule is c1ccc(-c2nc(-c3ccccc3)nc(-c3cccc(-c4ccc5ccnc(-c6cccc7oc8cccnc8c67)c5c4)c3)n2)cc1. The van der Waals surface area contributed by atoms with Crippen LogP contribution in [0.25, 0.3) is 89.4 Å². The van der Waals surface area contributed by atoms with Crippen LogP contribution < -0.4 is 0 Å². The standard InChI is InChI=1S/C41H25N5O/c1-3-10-27(11-4-1)39-44-40(28-12-5-2-6-13-28)46-41(45-39)31-15-7-14-29(24-31)30-20-19-26-21-23-43-37(33(26)25-30)32-16-8-17-34-36(32)38-35(47-34)18-9-22-42-38/h1-25H. The average molecular weight is 604 g/mol. The van der Waals surface area contributed by atoms with Gasteiger partial charge in [-0.05, 0) is 52.9 Å². The minimum Gasteiger partial charge on any atom is -0.454 e. The Morgan fingerprint density at radius 3 is 1.83 bits per heavy atom. The monoisotopic (exact) mass is 603 g/mol. The van der Waals surface area contributed by atoms with Gasteiger partial charge in [-0.1, -0.05) is 103 Å². The Labute approximate surface area is 270 Å². The molecule has 0 amide bonds. The van der Waals surface area contributed by atoms with Crippen molar-refractivity contribution >= 4 is 32.8 Å². The number of pyridine rings is 2. The van der Waals surface area contributed by atoms with Crippen LogP contribution in [0.5, 0.6) is 0 Å². The Morgan fingerprint density at radius 1 is 0.426 bits per heavy atom. The first-order chi connectivity index (χ1) is 23.3. The first kappa shape index (κ1) is 26.8. The van der Waals surface area contributed by atoms with Gasteiger partial charge in [0.15, 0.2) is 23.1 Å². The molecule has 9 aromatic rings. The van der Waals surface area contributed by atoms with Crippen LogP contribution in [-0.4, -0.2) is 24.9 Å². The molecule has 47 heavy (non-hydrogen) atoms. The van der Waals surface area contributed by atoms with Gasteiger partial charge in [-0.25, -0.2) is 15.0 Å². The molecular formula is C41H25N5O. The molecular weight excluding hydrogens is 578 g/mol. The number of furan rings is 1. The fourth-order valence-electron chi connectivity index (χ4n) is 6.17. The van der Waals surface area contributed by atoms with Crippen LogP contribution >= 0.6 is 0 Å². The first-order valence-corrected chi connectivity index (χ1v) is 15.4. The highest BCUT2D eigenvalue weighted by atomic mass is 16.3. The summed E-state index contributed by atoms with van der Waals surface area (Å²) in [6.07, 6.45) is 3.66. The van der Waals surface area contributed by atoms with Gasteiger partial charge in [-0.2, -0.15) is 0 Å². The van der Waals surface area contributed by atoms with Gasteiger partial charge in [0.05, 0.1) is 11.1 Å². The summed E-state index contributed by atoms with van der Waals surface area (Å²) in [6.45, 7) is 0. The lowest BCUT2D eigenvalue weighted by atomic mass is 9.96. The van der Waals surface area contributed by atoms with Crippen LogP contribution in [-0.2, 0) is 0 Å². The second-order valence-corrected chi connectivity index (χ2v) is 11.3. The van der Waals surface area contributed by atoms with Gasteiger partial charge in [0.1, 0.15) is 11.1 Å². The average Bonchev–Trinajstić information content (AvgIpc) is 3.54. The zero-order chi connectivity index (χ0) is 31.2. The van der Waals surface area contributed by atoms with Crippen molar-refractivity contribution in [2.24, 2.45) is 0 Å². The van der Waals surface area contributed by atoms with Crippen LogP contribution in [0.2, 0.25) is 0 Å². The fourth-order valence-corrected chi connectivity index (χ4v) is 6.17. The Bertz CT molecular complexity index is 2520. The van der Waals surface area contributed by atoms with E-state index in [1.807, 2.05) is 103 Å². The summed E-state index contributed by atoms with van der Waals surface area (Å²) in [4.78, 5) is 24.3. The summed E-state index contributed by atoms with van der Waals surface area (Å²) >= 11 is 0. The summed E-state index contributed by atoms with van der Waals surface area (Å²) in [5.41, 5.74) is 9.17. The number of fused-ring (bicyclic) bond motifs is 4. The highest BCUT2D eigenvalue weighted by molar-refractivity contribution is 6.13. The minimum atomic E-state index is 0.619. The predicted octanol–water partition coefficient (Wildman–Crippen LogP) is 10.0. The summed E-state index contributed by atoms with van der Waals surface area (Å²) < 4.78 is 6.14. The van der Waals surface area contributed by atoms with E-state index in [1.54, 1.807) is 6.20 Å². The Morgan fingerprint density at radius 2 is 1.06 bits per heavy atom. The number of nitrogens with zero attached hydrogens (tertiary/aromatic N) is 5. The van der Waals surface area contributed by atoms with E-state index in [2.05, 4.69) is 47.4 Å². The van der Waals surface area contributed by atoms with Gasteiger partial charge in [0.25, 0.3) is 0 Å². The largest absolute Gasteiger partial charge is 0.454 e. The molecule has 9 rings (SSSR count). The molecule has 6 heteroatoms. The first-order valence-electron chi connectivity index (χ1n) is 15.4. The van der Waals surface area contributed by atoms with Crippen LogP contribution in [0.4, 0.5) is 0 Å². The van der Waals surface area contributed by atoms with Crippen molar-refractivity contribution < 1.29 is 4.42 Å². The molecule has 0 aliphatic heterocycles. The highest BCUT2D eigenvalue weighted by Crippen LogP contribution is 2.38. The van der Waals surface area contributed by atoms with Crippen molar-refractivity contribution in [1.82, 2.24) is 24.9 Å². The molecule has 0 radical (unpaired) electrons. The number of aromatic nitrogens is 5. The van der Waals surface area contributed by atoms with Crippen LogP contribution in [0.1, 0.15) is 0 Å². The maximum absolute atomic E-state index is 6.14. The third kappa shape index (κ3) is 4.80. The quantitative estimate of drug-likeness (QED) is 0.195. The minimum absolute atomic E-state index is 0.619. The summed E-state index contributed by atoms with van der Waals surface area (Å²) in [6, 6.07) is 46.9. The molecule has 220 valence electrons. The van der Waals surface area contributed by atoms with E-state index in [0.29, 0.717) is 17.5 Å². The molecule has 0 saturated heterocycles. The number of rotatable bonds is 5. The molecule has 0 aliphatic carbocycles. The molecule has 0 unspecified atom stereocenters. The van der Waals surface area contributed by atoms with E-state index in [9.17, 15) is 0 Å². The fraction of sp³-hybridized carbons (Fsp3) is 0. The second kappa shape index (κ2) is 11.1. The summed E-state index contributed by atoms with van der Waals surface area (Å²) in [5.74, 6) is 1.89. The highest BCUT2D eigenvalue weighted by Gasteiger charge is 2.17. The van der Waals surface area contributed by atoms with E-state index >= 15 is 0 Å². The van der Waals surface area contributed by atoms with Crippen molar-refractivity contribution in [2.75, 3.05) is 0 Å². The normalized spacial score (nSPS) is 11.4. The van der Waals surface area contributed by atoms with Crippen molar-refractivity contribution in [3.8, 4) is 56.5 Å². The molecule has 0 N–H and O–H groups in total. The predicted molar refractivity (Wildman–Crippen MR) is 187 cm³/mol. The Kier molecular flexibility index (Phi) is 6.35. The summed E-state index contributed by atoms with van der Waals surface area (Å²) in [5, 5.41) is 3.12. The maximum atomic E-state index is 6.14. The van der Waals surface area contributed by atoms with Gasteiger partial charge in [0.2, 0.25) is 0 Å². The third-order valence-electron chi connectivity index (χ3n) is 8.43. The topological polar surface area (TPSA) is 77.6 Å². The third-order valence-corrected chi connectivity index (χ3v) is 8.43. The Hall–Kier alpha value is -6.53.